The predicted molar refractivity (Wildman–Crippen MR) is 125 cm³/mol. The SMILES string of the molecule is N#Cc1c(NC(=O)C=Cc2ccco2)sc2c1CCN(C(=O)SCCc1ccncc1)C2. The van der Waals surface area contributed by atoms with Crippen molar-refractivity contribution in [3.63, 3.8) is 0 Å². The van der Waals surface area contributed by atoms with Gasteiger partial charge < -0.3 is 14.6 Å². The highest BCUT2D eigenvalue weighted by Crippen LogP contribution is 2.37. The van der Waals surface area contributed by atoms with Crippen LogP contribution in [0.4, 0.5) is 9.80 Å². The maximum atomic E-state index is 12.7. The van der Waals surface area contributed by atoms with Crippen LogP contribution in [0.1, 0.15) is 27.3 Å². The number of nitriles is 1. The van der Waals surface area contributed by atoms with E-state index in [-0.39, 0.29) is 11.1 Å². The van der Waals surface area contributed by atoms with Crippen LogP contribution in [0, 0.1) is 11.3 Å². The summed E-state index contributed by atoms with van der Waals surface area (Å²) < 4.78 is 5.17. The lowest BCUT2D eigenvalue weighted by Gasteiger charge is -2.26. The van der Waals surface area contributed by atoms with E-state index in [1.165, 1.54) is 35.4 Å². The van der Waals surface area contributed by atoms with Crippen molar-refractivity contribution in [3.05, 3.63) is 76.3 Å². The van der Waals surface area contributed by atoms with Gasteiger partial charge in [-0.2, -0.15) is 5.26 Å². The van der Waals surface area contributed by atoms with Crippen LogP contribution >= 0.6 is 23.1 Å². The summed E-state index contributed by atoms with van der Waals surface area (Å²) in [5.41, 5.74) is 2.57. The van der Waals surface area contributed by atoms with Gasteiger partial charge in [-0.1, -0.05) is 11.8 Å². The van der Waals surface area contributed by atoms with E-state index < -0.39 is 0 Å². The van der Waals surface area contributed by atoms with E-state index >= 15 is 0 Å². The molecule has 4 heterocycles. The smallest absolute Gasteiger partial charge is 0.281 e. The minimum atomic E-state index is -0.337. The highest BCUT2D eigenvalue weighted by Gasteiger charge is 2.27. The van der Waals surface area contributed by atoms with Crippen molar-refractivity contribution in [3.8, 4) is 6.07 Å². The van der Waals surface area contributed by atoms with Crippen LogP contribution in [0.25, 0.3) is 6.08 Å². The van der Waals surface area contributed by atoms with Crippen LogP contribution in [0.3, 0.4) is 0 Å². The summed E-state index contributed by atoms with van der Waals surface area (Å²) in [7, 11) is 0. The molecule has 0 spiro atoms. The van der Waals surface area contributed by atoms with Gasteiger partial charge in [0.05, 0.1) is 18.4 Å². The first kappa shape index (κ1) is 21.9. The molecule has 32 heavy (non-hydrogen) atoms. The molecule has 0 atom stereocenters. The Morgan fingerprint density at radius 1 is 1.34 bits per heavy atom. The summed E-state index contributed by atoms with van der Waals surface area (Å²) in [4.78, 5) is 31.7. The molecule has 1 N–H and O–H groups in total. The maximum absolute atomic E-state index is 12.7. The number of aryl methyl sites for hydroxylation is 1. The molecule has 3 aromatic rings. The van der Waals surface area contributed by atoms with E-state index in [0.717, 1.165) is 22.4 Å². The number of nitrogens with one attached hydrogen (secondary N) is 1. The second-order valence-corrected chi connectivity index (χ2v) is 9.20. The largest absolute Gasteiger partial charge is 0.465 e. The van der Waals surface area contributed by atoms with Gasteiger partial charge in [0.15, 0.2) is 0 Å². The van der Waals surface area contributed by atoms with Crippen LogP contribution in [-0.2, 0) is 24.2 Å². The van der Waals surface area contributed by atoms with E-state index in [0.29, 0.717) is 41.6 Å². The van der Waals surface area contributed by atoms with E-state index in [1.807, 2.05) is 12.1 Å². The van der Waals surface area contributed by atoms with Crippen molar-refractivity contribution < 1.29 is 14.0 Å². The van der Waals surface area contributed by atoms with Crippen molar-refractivity contribution >= 4 is 45.3 Å². The second-order valence-electron chi connectivity index (χ2n) is 7.05. The zero-order valence-corrected chi connectivity index (χ0v) is 18.7. The van der Waals surface area contributed by atoms with Gasteiger partial charge in [0.2, 0.25) is 5.91 Å². The lowest BCUT2D eigenvalue weighted by Crippen LogP contribution is -2.33. The Morgan fingerprint density at radius 3 is 2.94 bits per heavy atom. The van der Waals surface area contributed by atoms with Gasteiger partial charge in [-0.25, -0.2) is 0 Å². The molecule has 0 saturated heterocycles. The number of thiophene rings is 1. The fraction of sp³-hybridized carbons (Fsp3) is 0.217. The molecule has 1 aliphatic heterocycles. The van der Waals surface area contributed by atoms with Crippen molar-refractivity contribution in [1.29, 1.82) is 5.26 Å². The van der Waals surface area contributed by atoms with Crippen molar-refractivity contribution in [2.24, 2.45) is 0 Å². The van der Waals surface area contributed by atoms with E-state index in [2.05, 4.69) is 16.4 Å². The molecular formula is C23H20N4O3S2. The number of aromatic nitrogens is 1. The van der Waals surface area contributed by atoms with Gasteiger partial charge in [-0.3, -0.25) is 14.6 Å². The monoisotopic (exact) mass is 464 g/mol. The fourth-order valence-electron chi connectivity index (χ4n) is 3.36. The third-order valence-corrected chi connectivity index (χ3v) is 7.02. The molecule has 0 unspecified atom stereocenters. The number of amides is 2. The molecule has 0 aliphatic carbocycles. The summed E-state index contributed by atoms with van der Waals surface area (Å²) >= 11 is 2.66. The number of hydrogen-bond acceptors (Lipinski definition) is 7. The molecule has 3 aromatic heterocycles. The Balaban J connectivity index is 1.36. The zero-order chi connectivity index (χ0) is 22.3. The number of carbonyl (C=O) groups excluding carboxylic acids is 2. The second kappa shape index (κ2) is 10.3. The molecule has 162 valence electrons. The van der Waals surface area contributed by atoms with Crippen LogP contribution in [0.5, 0.6) is 0 Å². The zero-order valence-electron chi connectivity index (χ0n) is 17.1. The number of anilines is 1. The number of hydrogen-bond donors (Lipinski definition) is 1. The number of fused-ring (bicyclic) bond motifs is 1. The third-order valence-electron chi connectivity index (χ3n) is 4.97. The van der Waals surface area contributed by atoms with E-state index in [1.54, 1.807) is 35.5 Å². The number of pyridine rings is 1. The molecule has 9 heteroatoms. The summed E-state index contributed by atoms with van der Waals surface area (Å²) in [5, 5.41) is 13.0. The maximum Gasteiger partial charge on any atom is 0.281 e. The molecule has 0 bridgehead atoms. The highest BCUT2D eigenvalue weighted by atomic mass is 32.2. The minimum absolute atomic E-state index is 0.0311. The molecule has 4 rings (SSSR count). The fourth-order valence-corrected chi connectivity index (χ4v) is 5.43. The lowest BCUT2D eigenvalue weighted by molar-refractivity contribution is -0.111. The van der Waals surface area contributed by atoms with Gasteiger partial charge >= 0.3 is 0 Å². The molecule has 0 fully saturated rings. The molecule has 7 nitrogen and oxygen atoms in total. The van der Waals surface area contributed by atoms with Gasteiger partial charge in [0.1, 0.15) is 16.8 Å². The molecule has 0 radical (unpaired) electrons. The van der Waals surface area contributed by atoms with Crippen LogP contribution in [0.2, 0.25) is 0 Å². The first-order valence-electron chi connectivity index (χ1n) is 10.0. The van der Waals surface area contributed by atoms with Gasteiger partial charge in [-0.15, -0.1) is 11.3 Å². The van der Waals surface area contributed by atoms with E-state index in [9.17, 15) is 14.9 Å². The molecular weight excluding hydrogens is 444 g/mol. The summed E-state index contributed by atoms with van der Waals surface area (Å²) in [6.07, 6.45) is 9.37. The number of furan rings is 1. The van der Waals surface area contributed by atoms with Gasteiger partial charge in [0, 0.05) is 35.6 Å². The van der Waals surface area contributed by atoms with Crippen molar-refractivity contribution in [2.45, 2.75) is 19.4 Å². The average molecular weight is 465 g/mol. The van der Waals surface area contributed by atoms with Crippen LogP contribution in [0.15, 0.2) is 53.4 Å². The lowest BCUT2D eigenvalue weighted by atomic mass is 10.0. The Hall–Kier alpha value is -3.35. The normalized spacial score (nSPS) is 13.0. The third kappa shape index (κ3) is 5.28. The quantitative estimate of drug-likeness (QED) is 0.530. The Kier molecular flexibility index (Phi) is 7.04. The Bertz CT molecular complexity index is 1160. The summed E-state index contributed by atoms with van der Waals surface area (Å²) in [6, 6.07) is 9.60. The molecule has 1 aliphatic rings. The number of rotatable bonds is 6. The van der Waals surface area contributed by atoms with Crippen molar-refractivity contribution in [2.75, 3.05) is 17.6 Å². The van der Waals surface area contributed by atoms with Gasteiger partial charge in [0.25, 0.3) is 5.24 Å². The standard InChI is InChI=1S/C23H20N4O3S2/c24-14-19-18-7-11-27(23(29)31-13-8-16-5-9-25-10-6-16)15-20(18)32-22(19)26-21(28)4-3-17-2-1-12-30-17/h1-6,9-10,12H,7-8,11,13,15H2,(H,26,28). The molecule has 2 amide bonds. The first-order chi connectivity index (χ1) is 15.6. The van der Waals surface area contributed by atoms with Crippen LogP contribution < -0.4 is 5.32 Å². The minimum Gasteiger partial charge on any atom is -0.465 e. The number of thioether (sulfide) groups is 1. The van der Waals surface area contributed by atoms with Crippen LogP contribution in [-0.4, -0.2) is 33.3 Å². The molecule has 0 aromatic carbocycles. The molecule has 0 saturated carbocycles. The van der Waals surface area contributed by atoms with Gasteiger partial charge in [-0.05, 0) is 54.3 Å². The van der Waals surface area contributed by atoms with E-state index in [4.69, 9.17) is 4.42 Å². The van der Waals surface area contributed by atoms with Crippen molar-refractivity contribution in [1.82, 2.24) is 9.88 Å². The average Bonchev–Trinajstić information content (AvgIpc) is 3.45. The number of nitrogens with zero attached hydrogens (tertiary/aromatic N) is 3. The first-order valence-corrected chi connectivity index (χ1v) is 11.8. The summed E-state index contributed by atoms with van der Waals surface area (Å²) in [6.45, 7) is 1.01. The topological polar surface area (TPSA) is 99.2 Å². The Morgan fingerprint density at radius 2 is 2.19 bits per heavy atom. The highest BCUT2D eigenvalue weighted by molar-refractivity contribution is 8.13. The number of carbonyl (C=O) groups is 2. The summed E-state index contributed by atoms with van der Waals surface area (Å²) in [5.74, 6) is 0.932. The Labute approximate surface area is 193 Å². The predicted octanol–water partition coefficient (Wildman–Crippen LogP) is 4.71.